The summed E-state index contributed by atoms with van der Waals surface area (Å²) in [5, 5.41) is 0.716. The molecule has 21 heavy (non-hydrogen) atoms. The van der Waals surface area contributed by atoms with Crippen LogP contribution in [0.1, 0.15) is 10.4 Å². The number of carbonyl (C=O) groups is 1. The largest absolute Gasteiger partial charge is 0.454 e. The van der Waals surface area contributed by atoms with Crippen molar-refractivity contribution in [2.75, 3.05) is 0 Å². The SMILES string of the molecule is NC(=O)c1cnc2ccccc2c1Oc1cncc(Br)c1. The molecule has 0 radical (unpaired) electrons. The molecule has 2 heterocycles. The number of hydrogen-bond donors (Lipinski definition) is 1. The van der Waals surface area contributed by atoms with E-state index in [0.717, 1.165) is 9.99 Å². The average molecular weight is 344 g/mol. The number of fused-ring (bicyclic) bond motifs is 1. The first-order chi connectivity index (χ1) is 10.1. The van der Waals surface area contributed by atoms with Crippen molar-refractivity contribution in [2.24, 2.45) is 5.73 Å². The molecular formula is C15H10BrN3O2. The van der Waals surface area contributed by atoms with Gasteiger partial charge in [0.2, 0.25) is 0 Å². The number of hydrogen-bond acceptors (Lipinski definition) is 4. The molecule has 0 fully saturated rings. The Balaban J connectivity index is 2.18. The molecule has 0 aliphatic carbocycles. The second kappa shape index (κ2) is 5.49. The summed E-state index contributed by atoms with van der Waals surface area (Å²) in [4.78, 5) is 19.8. The number of nitrogens with two attached hydrogens (primary N) is 1. The average Bonchev–Trinajstić information content (AvgIpc) is 2.47. The third-order valence-electron chi connectivity index (χ3n) is 2.89. The standard InChI is InChI=1S/C15H10BrN3O2/c16-9-5-10(7-18-6-9)21-14-11-3-1-2-4-13(11)19-8-12(14)15(17)20/h1-8H,(H2,17,20). The van der Waals surface area contributed by atoms with E-state index in [1.165, 1.54) is 6.20 Å². The Bertz CT molecular complexity index is 836. The van der Waals surface area contributed by atoms with E-state index in [0.29, 0.717) is 16.9 Å². The molecule has 0 bridgehead atoms. The highest BCUT2D eigenvalue weighted by Gasteiger charge is 2.15. The van der Waals surface area contributed by atoms with E-state index in [-0.39, 0.29) is 5.56 Å². The molecule has 0 atom stereocenters. The van der Waals surface area contributed by atoms with Gasteiger partial charge in [-0.25, -0.2) is 0 Å². The van der Waals surface area contributed by atoms with Crippen molar-refractivity contribution in [3.8, 4) is 11.5 Å². The van der Waals surface area contributed by atoms with Crippen LogP contribution in [0.2, 0.25) is 0 Å². The number of para-hydroxylation sites is 1. The predicted octanol–water partition coefficient (Wildman–Crippen LogP) is 3.28. The number of pyridine rings is 2. The highest BCUT2D eigenvalue weighted by molar-refractivity contribution is 9.10. The number of ether oxygens (including phenoxy) is 1. The van der Waals surface area contributed by atoms with Crippen LogP contribution in [0.15, 0.2) is 53.4 Å². The van der Waals surface area contributed by atoms with Crippen molar-refractivity contribution in [3.05, 3.63) is 59.0 Å². The third-order valence-corrected chi connectivity index (χ3v) is 3.32. The van der Waals surface area contributed by atoms with Gasteiger partial charge in [0, 0.05) is 22.3 Å². The lowest BCUT2D eigenvalue weighted by molar-refractivity contribution is 0.0998. The van der Waals surface area contributed by atoms with Crippen molar-refractivity contribution >= 4 is 32.7 Å². The number of rotatable bonds is 3. The summed E-state index contributed by atoms with van der Waals surface area (Å²) in [5.74, 6) is 0.294. The molecule has 104 valence electrons. The molecule has 5 nitrogen and oxygen atoms in total. The van der Waals surface area contributed by atoms with E-state index in [1.54, 1.807) is 18.5 Å². The van der Waals surface area contributed by atoms with E-state index in [9.17, 15) is 4.79 Å². The second-order valence-electron chi connectivity index (χ2n) is 4.32. The van der Waals surface area contributed by atoms with Crippen molar-refractivity contribution in [1.29, 1.82) is 0 Å². The number of benzene rings is 1. The van der Waals surface area contributed by atoms with Crippen molar-refractivity contribution in [2.45, 2.75) is 0 Å². The molecule has 0 saturated heterocycles. The molecule has 3 rings (SSSR count). The van der Waals surface area contributed by atoms with Gasteiger partial charge >= 0.3 is 0 Å². The Kier molecular flexibility index (Phi) is 3.53. The number of halogens is 1. The predicted molar refractivity (Wildman–Crippen MR) is 82.3 cm³/mol. The summed E-state index contributed by atoms with van der Waals surface area (Å²) in [6.45, 7) is 0. The Labute approximate surface area is 128 Å². The number of carbonyl (C=O) groups excluding carboxylic acids is 1. The van der Waals surface area contributed by atoms with Crippen LogP contribution < -0.4 is 10.5 Å². The minimum absolute atomic E-state index is 0.230. The molecule has 0 aliphatic rings. The zero-order valence-electron chi connectivity index (χ0n) is 10.8. The number of amides is 1. The van der Waals surface area contributed by atoms with Gasteiger partial charge < -0.3 is 10.5 Å². The molecule has 2 aromatic heterocycles. The van der Waals surface area contributed by atoms with Crippen LogP contribution in [0.4, 0.5) is 0 Å². The summed E-state index contributed by atoms with van der Waals surface area (Å²) in [5.41, 5.74) is 6.36. The first-order valence-corrected chi connectivity index (χ1v) is 6.90. The molecular weight excluding hydrogens is 334 g/mol. The summed E-state index contributed by atoms with van der Waals surface area (Å²) in [7, 11) is 0. The number of nitrogens with zero attached hydrogens (tertiary/aromatic N) is 2. The zero-order chi connectivity index (χ0) is 14.8. The van der Waals surface area contributed by atoms with Gasteiger partial charge in [-0.2, -0.15) is 0 Å². The maximum Gasteiger partial charge on any atom is 0.254 e. The normalized spacial score (nSPS) is 10.5. The maximum absolute atomic E-state index is 11.6. The van der Waals surface area contributed by atoms with E-state index < -0.39 is 5.91 Å². The van der Waals surface area contributed by atoms with Gasteiger partial charge in [-0.1, -0.05) is 12.1 Å². The van der Waals surface area contributed by atoms with Gasteiger partial charge in [0.25, 0.3) is 5.91 Å². The first kappa shape index (κ1) is 13.5. The fraction of sp³-hybridized carbons (Fsp3) is 0. The lowest BCUT2D eigenvalue weighted by Gasteiger charge is -2.11. The molecule has 6 heteroatoms. The summed E-state index contributed by atoms with van der Waals surface area (Å²) >= 11 is 3.33. The molecule has 1 amide bonds. The van der Waals surface area contributed by atoms with E-state index >= 15 is 0 Å². The Morgan fingerprint density at radius 3 is 2.76 bits per heavy atom. The van der Waals surface area contributed by atoms with Crippen LogP contribution in [0.25, 0.3) is 10.9 Å². The summed E-state index contributed by atoms with van der Waals surface area (Å²) in [6.07, 6.45) is 4.63. The van der Waals surface area contributed by atoms with Gasteiger partial charge in [-0.15, -0.1) is 0 Å². The van der Waals surface area contributed by atoms with Crippen LogP contribution in [-0.2, 0) is 0 Å². The van der Waals surface area contributed by atoms with Gasteiger partial charge in [-0.05, 0) is 34.1 Å². The summed E-state index contributed by atoms with van der Waals surface area (Å²) in [6, 6.07) is 9.14. The second-order valence-corrected chi connectivity index (χ2v) is 5.24. The van der Waals surface area contributed by atoms with E-state index in [4.69, 9.17) is 10.5 Å². The third kappa shape index (κ3) is 2.71. The smallest absolute Gasteiger partial charge is 0.254 e. The molecule has 0 saturated carbocycles. The zero-order valence-corrected chi connectivity index (χ0v) is 12.4. The lowest BCUT2D eigenvalue weighted by atomic mass is 10.1. The van der Waals surface area contributed by atoms with E-state index in [1.807, 2.05) is 24.3 Å². The van der Waals surface area contributed by atoms with Crippen LogP contribution in [0, 0.1) is 0 Å². The van der Waals surface area contributed by atoms with Crippen LogP contribution in [0.5, 0.6) is 11.5 Å². The Morgan fingerprint density at radius 1 is 1.19 bits per heavy atom. The topological polar surface area (TPSA) is 78.1 Å². The fourth-order valence-electron chi connectivity index (χ4n) is 1.97. The Hall–Kier alpha value is -2.47. The minimum Gasteiger partial charge on any atom is -0.454 e. The minimum atomic E-state index is -0.591. The van der Waals surface area contributed by atoms with Gasteiger partial charge in [0.15, 0.2) is 5.75 Å². The molecule has 0 aliphatic heterocycles. The van der Waals surface area contributed by atoms with Gasteiger partial charge in [0.1, 0.15) is 11.3 Å². The molecule has 0 unspecified atom stereocenters. The molecule has 2 N–H and O–H groups in total. The van der Waals surface area contributed by atoms with Crippen molar-refractivity contribution in [3.63, 3.8) is 0 Å². The van der Waals surface area contributed by atoms with Crippen LogP contribution >= 0.6 is 15.9 Å². The monoisotopic (exact) mass is 343 g/mol. The first-order valence-electron chi connectivity index (χ1n) is 6.11. The Morgan fingerprint density at radius 2 is 2.00 bits per heavy atom. The molecule has 1 aromatic carbocycles. The van der Waals surface area contributed by atoms with Crippen molar-refractivity contribution in [1.82, 2.24) is 9.97 Å². The highest BCUT2D eigenvalue weighted by atomic mass is 79.9. The fourth-order valence-corrected chi connectivity index (χ4v) is 2.31. The van der Waals surface area contributed by atoms with Crippen LogP contribution in [0.3, 0.4) is 0 Å². The van der Waals surface area contributed by atoms with Crippen molar-refractivity contribution < 1.29 is 9.53 Å². The molecule has 3 aromatic rings. The van der Waals surface area contributed by atoms with Gasteiger partial charge in [0.05, 0.1) is 11.7 Å². The molecule has 0 spiro atoms. The number of primary amides is 1. The quantitative estimate of drug-likeness (QED) is 0.791. The highest BCUT2D eigenvalue weighted by Crippen LogP contribution is 2.32. The summed E-state index contributed by atoms with van der Waals surface area (Å²) < 4.78 is 6.61. The van der Waals surface area contributed by atoms with Gasteiger partial charge in [-0.3, -0.25) is 14.8 Å². The number of aromatic nitrogens is 2. The lowest BCUT2D eigenvalue weighted by Crippen LogP contribution is -2.13. The van der Waals surface area contributed by atoms with E-state index in [2.05, 4.69) is 25.9 Å². The maximum atomic E-state index is 11.6. The van der Waals surface area contributed by atoms with Crippen LogP contribution in [-0.4, -0.2) is 15.9 Å².